The van der Waals surface area contributed by atoms with Crippen molar-refractivity contribution in [3.8, 4) is 5.75 Å². The number of sulfonamides is 1. The van der Waals surface area contributed by atoms with E-state index < -0.39 is 16.1 Å². The van der Waals surface area contributed by atoms with E-state index in [9.17, 15) is 13.2 Å². The van der Waals surface area contributed by atoms with E-state index in [1.807, 2.05) is 0 Å². The van der Waals surface area contributed by atoms with Crippen LogP contribution in [0.15, 0.2) is 18.2 Å². The van der Waals surface area contributed by atoms with E-state index in [-0.39, 0.29) is 12.5 Å². The van der Waals surface area contributed by atoms with Crippen LogP contribution in [0.5, 0.6) is 5.75 Å². The molecule has 1 fully saturated rings. The number of carbonyl (C=O) groups excluding carboxylic acids is 1. The van der Waals surface area contributed by atoms with Gasteiger partial charge in [-0.3, -0.25) is 9.10 Å². The zero-order valence-corrected chi connectivity index (χ0v) is 18.8. The fraction of sp³-hybridized carbons (Fsp3) is 0.650. The number of nitrogens with zero attached hydrogens (tertiary/aromatic N) is 2. The summed E-state index contributed by atoms with van der Waals surface area (Å²) in [5.74, 6) is 1.45. The molecule has 3 atom stereocenters. The lowest BCUT2D eigenvalue weighted by molar-refractivity contribution is -0.127. The zero-order chi connectivity index (χ0) is 21.2. The van der Waals surface area contributed by atoms with Gasteiger partial charge in [0.25, 0.3) is 5.91 Å². The molecule has 162 valence electrons. The molecule has 0 unspecified atom stereocenters. The summed E-state index contributed by atoms with van der Waals surface area (Å²) in [5.41, 5.74) is 0.359. The number of benzene rings is 1. The molecule has 0 bridgehead atoms. The van der Waals surface area contributed by atoms with Gasteiger partial charge in [0.05, 0.1) is 18.5 Å². The maximum Gasteiger partial charge on any atom is 0.263 e. The molecular formula is C20H30ClN3O4S. The van der Waals surface area contributed by atoms with E-state index in [2.05, 4.69) is 24.1 Å². The minimum Gasteiger partial charge on any atom is -0.476 e. The minimum absolute atomic E-state index is 0.0703. The van der Waals surface area contributed by atoms with E-state index in [1.165, 1.54) is 16.8 Å². The molecule has 1 aromatic carbocycles. The summed E-state index contributed by atoms with van der Waals surface area (Å²) in [6.45, 7) is 8.17. The number of hydrogen-bond acceptors (Lipinski definition) is 5. The number of rotatable bonds is 6. The van der Waals surface area contributed by atoms with Crippen molar-refractivity contribution in [1.29, 1.82) is 0 Å². The monoisotopic (exact) mass is 443 g/mol. The summed E-state index contributed by atoms with van der Waals surface area (Å²) < 4.78 is 31.4. The van der Waals surface area contributed by atoms with E-state index in [1.54, 1.807) is 12.1 Å². The van der Waals surface area contributed by atoms with Crippen molar-refractivity contribution in [2.45, 2.75) is 32.8 Å². The van der Waals surface area contributed by atoms with Crippen LogP contribution in [0.4, 0.5) is 5.69 Å². The van der Waals surface area contributed by atoms with Gasteiger partial charge in [0.2, 0.25) is 10.0 Å². The molecule has 2 aliphatic heterocycles. The van der Waals surface area contributed by atoms with Crippen LogP contribution in [-0.4, -0.2) is 64.3 Å². The minimum atomic E-state index is -3.56. The van der Waals surface area contributed by atoms with E-state index >= 15 is 0 Å². The van der Waals surface area contributed by atoms with Gasteiger partial charge in [-0.25, -0.2) is 8.42 Å². The third-order valence-corrected chi connectivity index (χ3v) is 6.76. The lowest BCUT2D eigenvalue weighted by Crippen LogP contribution is -2.50. The van der Waals surface area contributed by atoms with Gasteiger partial charge in [-0.15, -0.1) is 0 Å². The van der Waals surface area contributed by atoms with E-state index in [0.29, 0.717) is 34.8 Å². The average molecular weight is 444 g/mol. The molecule has 0 aromatic heterocycles. The predicted molar refractivity (Wildman–Crippen MR) is 115 cm³/mol. The highest BCUT2D eigenvalue weighted by molar-refractivity contribution is 7.92. The number of amides is 1. The van der Waals surface area contributed by atoms with Gasteiger partial charge in [-0.05, 0) is 49.4 Å². The maximum absolute atomic E-state index is 12.6. The lowest BCUT2D eigenvalue weighted by Gasteiger charge is -2.35. The zero-order valence-electron chi connectivity index (χ0n) is 17.2. The molecule has 2 aliphatic rings. The molecular weight excluding hydrogens is 414 g/mol. The summed E-state index contributed by atoms with van der Waals surface area (Å²) >= 11 is 6.00. The Kier molecular flexibility index (Phi) is 6.96. The standard InChI is InChI=1S/C20H30ClN3O4S/c1-14-9-15(2)12-23(11-14)8-4-7-22-20(25)19-13-24(29(3,26)27)17-10-16(21)5-6-18(17)28-19/h5-6,10,14-15,19H,4,7-9,11-13H2,1-3H3,(H,22,25)/t14-,15+,19-/m1/s1. The number of anilines is 1. The summed E-state index contributed by atoms with van der Waals surface area (Å²) in [7, 11) is -3.56. The maximum atomic E-state index is 12.6. The number of halogens is 1. The third-order valence-electron chi connectivity index (χ3n) is 5.38. The van der Waals surface area contributed by atoms with Crippen LogP contribution >= 0.6 is 11.6 Å². The average Bonchev–Trinajstić information content (AvgIpc) is 2.62. The Morgan fingerprint density at radius 2 is 1.93 bits per heavy atom. The number of carbonyl (C=O) groups is 1. The van der Waals surface area contributed by atoms with Crippen molar-refractivity contribution in [2.24, 2.45) is 11.8 Å². The molecule has 0 saturated carbocycles. The first-order chi connectivity index (χ1) is 13.6. The summed E-state index contributed by atoms with van der Waals surface area (Å²) in [4.78, 5) is 15.1. The Morgan fingerprint density at radius 3 is 2.59 bits per heavy atom. The molecule has 0 radical (unpaired) electrons. The van der Waals surface area contributed by atoms with Crippen molar-refractivity contribution in [2.75, 3.05) is 43.3 Å². The van der Waals surface area contributed by atoms with Gasteiger partial charge >= 0.3 is 0 Å². The molecule has 2 heterocycles. The van der Waals surface area contributed by atoms with E-state index in [0.717, 1.165) is 32.3 Å². The smallest absolute Gasteiger partial charge is 0.263 e. The van der Waals surface area contributed by atoms with Gasteiger partial charge in [-0.1, -0.05) is 25.4 Å². The van der Waals surface area contributed by atoms with Crippen LogP contribution < -0.4 is 14.4 Å². The normalized spacial score (nSPS) is 25.2. The third kappa shape index (κ3) is 5.77. The molecule has 0 spiro atoms. The van der Waals surface area contributed by atoms with Crippen molar-refractivity contribution in [1.82, 2.24) is 10.2 Å². The van der Waals surface area contributed by atoms with Gasteiger partial charge in [-0.2, -0.15) is 0 Å². The Morgan fingerprint density at radius 1 is 1.24 bits per heavy atom. The quantitative estimate of drug-likeness (QED) is 0.683. The number of fused-ring (bicyclic) bond motifs is 1. The fourth-order valence-electron chi connectivity index (χ4n) is 4.28. The van der Waals surface area contributed by atoms with Crippen molar-refractivity contribution in [3.63, 3.8) is 0 Å². The number of ether oxygens (including phenoxy) is 1. The SMILES string of the molecule is C[C@@H]1C[C@H](C)CN(CCCNC(=O)[C@H]2CN(S(C)(=O)=O)c3cc(Cl)ccc3O2)C1. The fourth-order valence-corrected chi connectivity index (χ4v) is 5.35. The highest BCUT2D eigenvalue weighted by Gasteiger charge is 2.35. The topological polar surface area (TPSA) is 79.0 Å². The number of nitrogens with one attached hydrogen (secondary N) is 1. The van der Waals surface area contributed by atoms with Crippen LogP contribution in [0.2, 0.25) is 5.02 Å². The first-order valence-electron chi connectivity index (χ1n) is 10.1. The lowest BCUT2D eigenvalue weighted by atomic mass is 9.92. The second-order valence-corrected chi connectivity index (χ2v) is 10.7. The molecule has 29 heavy (non-hydrogen) atoms. The Bertz CT molecular complexity index is 838. The summed E-state index contributed by atoms with van der Waals surface area (Å²) in [6.07, 6.45) is 2.34. The van der Waals surface area contributed by atoms with Crippen molar-refractivity contribution >= 4 is 33.2 Å². The van der Waals surface area contributed by atoms with Crippen LogP contribution in [0.25, 0.3) is 0 Å². The van der Waals surface area contributed by atoms with Crippen molar-refractivity contribution in [3.05, 3.63) is 23.2 Å². The van der Waals surface area contributed by atoms with Crippen LogP contribution in [0.3, 0.4) is 0 Å². The summed E-state index contributed by atoms with van der Waals surface area (Å²) in [5, 5.41) is 3.30. The van der Waals surface area contributed by atoms with Gasteiger partial charge in [0.15, 0.2) is 6.10 Å². The van der Waals surface area contributed by atoms with Gasteiger partial charge in [0.1, 0.15) is 5.75 Å². The Labute approximate surface area is 178 Å². The summed E-state index contributed by atoms with van der Waals surface area (Å²) in [6, 6.07) is 4.74. The second kappa shape index (κ2) is 9.10. The largest absolute Gasteiger partial charge is 0.476 e. The first-order valence-corrected chi connectivity index (χ1v) is 12.3. The Balaban J connectivity index is 1.55. The number of piperidine rings is 1. The number of hydrogen-bond donors (Lipinski definition) is 1. The van der Waals surface area contributed by atoms with Gasteiger partial charge < -0.3 is 15.0 Å². The molecule has 7 nitrogen and oxygen atoms in total. The Hall–Kier alpha value is -1.51. The first kappa shape index (κ1) is 22.2. The molecule has 1 N–H and O–H groups in total. The molecule has 9 heteroatoms. The van der Waals surface area contributed by atoms with E-state index in [4.69, 9.17) is 16.3 Å². The predicted octanol–water partition coefficient (Wildman–Crippen LogP) is 2.35. The highest BCUT2D eigenvalue weighted by Crippen LogP contribution is 2.37. The van der Waals surface area contributed by atoms with Gasteiger partial charge in [0, 0.05) is 24.7 Å². The number of likely N-dealkylation sites (tertiary alicyclic amines) is 1. The highest BCUT2D eigenvalue weighted by atomic mass is 35.5. The van der Waals surface area contributed by atoms with Crippen LogP contribution in [-0.2, 0) is 14.8 Å². The van der Waals surface area contributed by atoms with Crippen LogP contribution in [0, 0.1) is 11.8 Å². The molecule has 3 rings (SSSR count). The second-order valence-electron chi connectivity index (χ2n) is 8.36. The molecule has 0 aliphatic carbocycles. The molecule has 1 aromatic rings. The van der Waals surface area contributed by atoms with Crippen LogP contribution in [0.1, 0.15) is 26.7 Å². The molecule has 1 amide bonds. The molecule has 1 saturated heterocycles. The van der Waals surface area contributed by atoms with Crippen molar-refractivity contribution < 1.29 is 17.9 Å².